The molecule has 0 unspecified atom stereocenters. The van der Waals surface area contributed by atoms with Gasteiger partial charge in [0, 0.05) is 44.3 Å². The average molecular weight is 643 g/mol. The molecule has 8 bridgehead atoms. The quantitative estimate of drug-likeness (QED) is 0.109. The minimum atomic E-state index is 0.770. The van der Waals surface area contributed by atoms with Crippen LogP contribution >= 0.6 is 0 Å². The van der Waals surface area contributed by atoms with Gasteiger partial charge in [0.2, 0.25) is 0 Å². The fraction of sp³-hybridized carbons (Fsp3) is 0.381. The monoisotopic (exact) mass is 642 g/mol. The minimum absolute atomic E-state index is 0.770. The highest BCUT2D eigenvalue weighted by atomic mass is 16.5. The summed E-state index contributed by atoms with van der Waals surface area (Å²) in [6, 6.07) is 16.9. The van der Waals surface area contributed by atoms with Crippen molar-refractivity contribution < 1.29 is 9.47 Å². The second-order valence-corrected chi connectivity index (χ2v) is 13.0. The number of fused-ring (bicyclic) bond motifs is 8. The van der Waals surface area contributed by atoms with Gasteiger partial charge in [0.25, 0.3) is 0 Å². The number of aryl methyl sites for hydroxylation is 2. The molecule has 0 saturated heterocycles. The van der Waals surface area contributed by atoms with E-state index in [1.165, 1.54) is 62.5 Å². The van der Waals surface area contributed by atoms with Crippen molar-refractivity contribution >= 4 is 46.4 Å². The molecule has 0 saturated carbocycles. The Labute approximate surface area is 285 Å². The average Bonchev–Trinajstić information content (AvgIpc) is 3.94. The number of aromatic amines is 2. The zero-order valence-corrected chi connectivity index (χ0v) is 29.1. The molecule has 48 heavy (non-hydrogen) atoms. The van der Waals surface area contributed by atoms with Crippen molar-refractivity contribution in [1.82, 2.24) is 19.9 Å². The number of nitrogens with zero attached hydrogens (tertiary/aromatic N) is 2. The highest BCUT2D eigenvalue weighted by Crippen LogP contribution is 2.39. The van der Waals surface area contributed by atoms with Gasteiger partial charge in [0.15, 0.2) is 0 Å². The normalized spacial score (nSPS) is 12.2. The Balaban J connectivity index is 1.62. The van der Waals surface area contributed by atoms with E-state index in [0.29, 0.717) is 0 Å². The molecule has 5 heterocycles. The molecular formula is C42H50N4O2. The van der Waals surface area contributed by atoms with E-state index in [4.69, 9.17) is 19.4 Å². The third-order valence-electron chi connectivity index (χ3n) is 9.53. The Hall–Kier alpha value is -4.58. The van der Waals surface area contributed by atoms with Crippen molar-refractivity contribution in [3.05, 3.63) is 82.4 Å². The van der Waals surface area contributed by atoms with E-state index in [0.717, 1.165) is 93.2 Å². The first-order chi connectivity index (χ1) is 23.6. The van der Waals surface area contributed by atoms with Crippen LogP contribution in [0.5, 0.6) is 11.5 Å². The van der Waals surface area contributed by atoms with Crippen LogP contribution in [-0.4, -0.2) is 34.2 Å². The van der Waals surface area contributed by atoms with Gasteiger partial charge in [-0.05, 0) is 98.5 Å². The number of aromatic nitrogens is 4. The molecule has 0 spiro atoms. The first kappa shape index (κ1) is 33.3. The van der Waals surface area contributed by atoms with E-state index in [9.17, 15) is 0 Å². The molecule has 250 valence electrons. The van der Waals surface area contributed by atoms with Gasteiger partial charge < -0.3 is 19.4 Å². The van der Waals surface area contributed by atoms with E-state index in [-0.39, 0.29) is 0 Å². The number of methoxy groups -OCH3 is 2. The van der Waals surface area contributed by atoms with Crippen LogP contribution in [0.4, 0.5) is 0 Å². The first-order valence-electron chi connectivity index (χ1n) is 17.9. The Kier molecular flexibility index (Phi) is 11.1. The van der Waals surface area contributed by atoms with Gasteiger partial charge in [0.1, 0.15) is 11.5 Å². The number of ether oxygens (including phenoxy) is 2. The summed E-state index contributed by atoms with van der Waals surface area (Å²) in [7, 11) is 3.42. The molecule has 0 amide bonds. The maximum absolute atomic E-state index is 5.94. The SMILES string of the molecule is CCCCCCCc1c2nc(c(-c3cc(OC)ccc3OC)c3ccc([nH]3)c(CCCCCCC)c3nc(cc4ccc1[nH]4)C=C3)C=C2. The standard InChI is InChI=1S/C42H50N4O2/c1-5-7-9-11-13-15-32-35-20-17-29(43-35)27-30-18-21-36(44-30)33(16-14-12-10-8-6-2)38-23-25-40(46-38)42(39-24-22-37(32)45-39)34-28-31(47-3)19-26-41(34)48-4/h17-28,43,46H,5-16H2,1-4H3. The Morgan fingerprint density at radius 2 is 1.19 bits per heavy atom. The lowest BCUT2D eigenvalue weighted by atomic mass is 10.0. The summed E-state index contributed by atoms with van der Waals surface area (Å²) >= 11 is 0. The molecule has 0 aliphatic carbocycles. The first-order valence-corrected chi connectivity index (χ1v) is 17.9. The van der Waals surface area contributed by atoms with Gasteiger partial charge in [-0.2, -0.15) is 0 Å². The van der Waals surface area contributed by atoms with Gasteiger partial charge in [-0.15, -0.1) is 0 Å². The second-order valence-electron chi connectivity index (χ2n) is 13.0. The van der Waals surface area contributed by atoms with Crippen molar-refractivity contribution in [2.45, 2.75) is 90.9 Å². The highest BCUT2D eigenvalue weighted by Gasteiger charge is 2.18. The second kappa shape index (κ2) is 16.0. The Morgan fingerprint density at radius 3 is 1.90 bits per heavy atom. The van der Waals surface area contributed by atoms with Gasteiger partial charge in [-0.25, -0.2) is 9.97 Å². The molecule has 6 nitrogen and oxygen atoms in total. The minimum Gasteiger partial charge on any atom is -0.497 e. The molecule has 2 aliphatic heterocycles. The fourth-order valence-electron chi connectivity index (χ4n) is 6.89. The summed E-state index contributed by atoms with van der Waals surface area (Å²) in [6.07, 6.45) is 22.8. The largest absolute Gasteiger partial charge is 0.497 e. The predicted molar refractivity (Wildman–Crippen MR) is 202 cm³/mol. The number of nitrogens with one attached hydrogen (secondary N) is 2. The van der Waals surface area contributed by atoms with Crippen molar-refractivity contribution in [3.8, 4) is 22.6 Å². The van der Waals surface area contributed by atoms with Crippen LogP contribution in [0.15, 0.2) is 48.5 Å². The van der Waals surface area contributed by atoms with Crippen LogP contribution in [0.3, 0.4) is 0 Å². The van der Waals surface area contributed by atoms with Crippen LogP contribution in [0, 0.1) is 0 Å². The molecule has 0 radical (unpaired) electrons. The molecule has 1 aromatic carbocycles. The zero-order chi connectivity index (χ0) is 33.3. The number of hydrogen-bond acceptors (Lipinski definition) is 4. The van der Waals surface area contributed by atoms with Crippen molar-refractivity contribution in [2.75, 3.05) is 14.2 Å². The van der Waals surface area contributed by atoms with Crippen molar-refractivity contribution in [3.63, 3.8) is 0 Å². The summed E-state index contributed by atoms with van der Waals surface area (Å²) in [5, 5.41) is 0. The fourth-order valence-corrected chi connectivity index (χ4v) is 6.89. The maximum Gasteiger partial charge on any atom is 0.127 e. The molecule has 6 heteroatoms. The molecular weight excluding hydrogens is 592 g/mol. The topological polar surface area (TPSA) is 75.8 Å². The van der Waals surface area contributed by atoms with Gasteiger partial charge in [0.05, 0.1) is 37.0 Å². The molecule has 0 fully saturated rings. The van der Waals surface area contributed by atoms with Gasteiger partial charge >= 0.3 is 0 Å². The van der Waals surface area contributed by atoms with E-state index < -0.39 is 0 Å². The lowest BCUT2D eigenvalue weighted by molar-refractivity contribution is 0.404. The number of rotatable bonds is 15. The molecule has 4 aromatic rings. The van der Waals surface area contributed by atoms with Crippen molar-refractivity contribution in [2.24, 2.45) is 0 Å². The molecule has 2 N–H and O–H groups in total. The van der Waals surface area contributed by atoms with Crippen LogP contribution in [0.25, 0.3) is 57.5 Å². The summed E-state index contributed by atoms with van der Waals surface area (Å²) in [4.78, 5) is 18.0. The molecule has 3 aromatic heterocycles. The number of benzene rings is 1. The van der Waals surface area contributed by atoms with Gasteiger partial charge in [-0.1, -0.05) is 65.2 Å². The van der Waals surface area contributed by atoms with Crippen LogP contribution in [-0.2, 0) is 12.8 Å². The smallest absolute Gasteiger partial charge is 0.127 e. The molecule has 6 rings (SSSR count). The van der Waals surface area contributed by atoms with E-state index in [1.54, 1.807) is 14.2 Å². The maximum atomic E-state index is 5.94. The van der Waals surface area contributed by atoms with Crippen LogP contribution < -0.4 is 9.47 Å². The molecule has 0 atom stereocenters. The lowest BCUT2D eigenvalue weighted by Gasteiger charge is -2.12. The van der Waals surface area contributed by atoms with E-state index >= 15 is 0 Å². The van der Waals surface area contributed by atoms with E-state index in [1.807, 2.05) is 12.1 Å². The van der Waals surface area contributed by atoms with Crippen molar-refractivity contribution in [1.29, 1.82) is 0 Å². The summed E-state index contributed by atoms with van der Waals surface area (Å²) in [6.45, 7) is 4.53. The number of hydrogen-bond donors (Lipinski definition) is 2. The van der Waals surface area contributed by atoms with Gasteiger partial charge in [-0.3, -0.25) is 0 Å². The Morgan fingerprint density at radius 1 is 0.562 bits per heavy atom. The predicted octanol–water partition coefficient (Wildman–Crippen LogP) is 11.4. The number of H-pyrrole nitrogens is 2. The van der Waals surface area contributed by atoms with Crippen LogP contribution in [0.2, 0.25) is 0 Å². The highest BCUT2D eigenvalue weighted by molar-refractivity contribution is 5.94. The molecule has 2 aliphatic rings. The summed E-state index contributed by atoms with van der Waals surface area (Å²) in [5.41, 5.74) is 12.5. The summed E-state index contributed by atoms with van der Waals surface area (Å²) in [5.74, 6) is 1.54. The third-order valence-corrected chi connectivity index (χ3v) is 9.53. The van der Waals surface area contributed by atoms with E-state index in [2.05, 4.69) is 84.5 Å². The zero-order valence-electron chi connectivity index (χ0n) is 29.1. The third kappa shape index (κ3) is 7.59. The Bertz CT molecular complexity index is 1930. The lowest BCUT2D eigenvalue weighted by Crippen LogP contribution is -1.95. The van der Waals surface area contributed by atoms with Crippen LogP contribution in [0.1, 0.15) is 112 Å². The number of unbranched alkanes of at least 4 members (excludes halogenated alkanes) is 8. The summed E-state index contributed by atoms with van der Waals surface area (Å²) < 4.78 is 11.6.